The van der Waals surface area contributed by atoms with Crippen molar-refractivity contribution in [2.24, 2.45) is 0 Å². The first-order valence-corrected chi connectivity index (χ1v) is 14.5. The minimum absolute atomic E-state index is 0.339. The normalized spacial score (nSPS) is 15.5. The maximum Gasteiger partial charge on any atom is 0.152 e. The lowest BCUT2D eigenvalue weighted by atomic mass is 10.0. The van der Waals surface area contributed by atoms with Gasteiger partial charge in [0, 0.05) is 49.2 Å². The molecule has 2 heterocycles. The maximum atomic E-state index is 11.4. The number of phenols is 1. The third-order valence-electron chi connectivity index (χ3n) is 7.92. The van der Waals surface area contributed by atoms with Crippen molar-refractivity contribution in [3.05, 3.63) is 144 Å². The van der Waals surface area contributed by atoms with Crippen LogP contribution < -0.4 is 0 Å². The zero-order valence-corrected chi connectivity index (χ0v) is 24.4. The molecule has 0 saturated carbocycles. The van der Waals surface area contributed by atoms with Crippen LogP contribution in [0.5, 0.6) is 5.75 Å². The molecule has 0 amide bonds. The summed E-state index contributed by atoms with van der Waals surface area (Å²) in [6.45, 7) is 6.37. The number of likely N-dealkylation sites (N-methyl/N-ethyl adjacent to an activating group) is 1. The van der Waals surface area contributed by atoms with Gasteiger partial charge in [0.05, 0.1) is 5.69 Å². The van der Waals surface area contributed by atoms with Crippen LogP contribution in [0.2, 0.25) is 0 Å². The van der Waals surface area contributed by atoms with Gasteiger partial charge in [-0.05, 0) is 67.4 Å². The summed E-state index contributed by atoms with van der Waals surface area (Å²) in [6, 6.07) is 40.9. The van der Waals surface area contributed by atoms with Crippen LogP contribution in [0.4, 0.5) is 0 Å². The number of hydrogen-bond acceptors (Lipinski definition) is 4. The second-order valence-electron chi connectivity index (χ2n) is 11.0. The summed E-state index contributed by atoms with van der Waals surface area (Å²) in [5, 5.41) is 9.40. The van der Waals surface area contributed by atoms with Crippen molar-refractivity contribution in [1.82, 2.24) is 14.4 Å². The van der Waals surface area contributed by atoms with Crippen molar-refractivity contribution >= 4 is 6.29 Å². The molecule has 1 aliphatic heterocycles. The van der Waals surface area contributed by atoms with E-state index in [1.54, 1.807) is 12.1 Å². The molecule has 4 aromatic carbocycles. The molecular formula is C37H39N3O2. The third-order valence-corrected chi connectivity index (χ3v) is 7.92. The van der Waals surface area contributed by atoms with Crippen molar-refractivity contribution in [2.75, 3.05) is 26.7 Å². The fourth-order valence-electron chi connectivity index (χ4n) is 5.67. The average Bonchev–Trinajstić information content (AvgIpc) is 3.37. The Morgan fingerprint density at radius 3 is 2.05 bits per heavy atom. The fraction of sp³-hybridized carbons (Fsp3) is 0.216. The molecular weight excluding hydrogens is 518 g/mol. The Morgan fingerprint density at radius 2 is 1.40 bits per heavy atom. The molecule has 5 heteroatoms. The summed E-state index contributed by atoms with van der Waals surface area (Å²) in [6.07, 6.45) is 1.96. The number of phenolic OH excluding ortho intramolecular Hbond substituents is 1. The zero-order valence-electron chi connectivity index (χ0n) is 24.4. The topological polar surface area (TPSA) is 48.7 Å². The Hall–Kier alpha value is -4.45. The summed E-state index contributed by atoms with van der Waals surface area (Å²) < 4.78 is 2.12. The highest BCUT2D eigenvalue weighted by Gasteiger charge is 2.24. The van der Waals surface area contributed by atoms with Gasteiger partial charge in [0.2, 0.25) is 0 Å². The van der Waals surface area contributed by atoms with Crippen LogP contribution in [0.25, 0.3) is 16.9 Å². The minimum atomic E-state index is 0.339. The van der Waals surface area contributed by atoms with Crippen LogP contribution in [-0.4, -0.2) is 58.5 Å². The molecule has 214 valence electrons. The molecule has 1 N–H and O–H groups in total. The number of para-hydroxylation sites is 1. The van der Waals surface area contributed by atoms with Crippen molar-refractivity contribution in [1.29, 1.82) is 0 Å². The van der Waals surface area contributed by atoms with Crippen LogP contribution >= 0.6 is 0 Å². The van der Waals surface area contributed by atoms with Gasteiger partial charge >= 0.3 is 0 Å². The van der Waals surface area contributed by atoms with E-state index in [0.717, 1.165) is 67.1 Å². The standard InChI is InChI=1S/C19H24N2O.C18H15NO/c1-20-11-12-21(14-17-5-3-2-4-6-17)15-18(20)13-16-7-9-19(22)10-8-16;1-14-12-16(13-20)18(15-8-4-2-5-9-15)19(14)17-10-6-3-7-11-17/h2-10,18,22H,11-15H2,1H3;2-13H,1H3/t18-;/m1./s1. The highest BCUT2D eigenvalue weighted by Crippen LogP contribution is 2.29. The van der Waals surface area contributed by atoms with E-state index in [4.69, 9.17) is 0 Å². The highest BCUT2D eigenvalue weighted by molar-refractivity contribution is 5.88. The predicted octanol–water partition coefficient (Wildman–Crippen LogP) is 7.02. The van der Waals surface area contributed by atoms with E-state index in [0.29, 0.717) is 11.8 Å². The van der Waals surface area contributed by atoms with Gasteiger partial charge in [-0.2, -0.15) is 0 Å². The molecule has 1 atom stereocenters. The number of benzene rings is 4. The van der Waals surface area contributed by atoms with E-state index >= 15 is 0 Å². The van der Waals surface area contributed by atoms with E-state index in [2.05, 4.69) is 51.7 Å². The van der Waals surface area contributed by atoms with Gasteiger partial charge in [0.1, 0.15) is 5.75 Å². The van der Waals surface area contributed by atoms with E-state index in [-0.39, 0.29) is 0 Å². The number of aldehydes is 1. The van der Waals surface area contributed by atoms with Gasteiger partial charge in [0.25, 0.3) is 0 Å². The monoisotopic (exact) mass is 557 g/mol. The van der Waals surface area contributed by atoms with Crippen LogP contribution in [0.1, 0.15) is 27.2 Å². The van der Waals surface area contributed by atoms with Crippen LogP contribution in [-0.2, 0) is 13.0 Å². The van der Waals surface area contributed by atoms with Crippen molar-refractivity contribution in [2.45, 2.75) is 25.9 Å². The van der Waals surface area contributed by atoms with E-state index in [1.807, 2.05) is 85.8 Å². The van der Waals surface area contributed by atoms with Gasteiger partial charge in [-0.15, -0.1) is 0 Å². The quantitative estimate of drug-likeness (QED) is 0.219. The van der Waals surface area contributed by atoms with Gasteiger partial charge in [-0.1, -0.05) is 91.0 Å². The molecule has 0 unspecified atom stereocenters. The lowest BCUT2D eigenvalue weighted by Crippen LogP contribution is -2.51. The third kappa shape index (κ3) is 7.24. The minimum Gasteiger partial charge on any atom is -0.508 e. The largest absolute Gasteiger partial charge is 0.508 e. The number of piperazine rings is 1. The number of aromatic hydroxyl groups is 1. The molecule has 5 nitrogen and oxygen atoms in total. The Bertz CT molecular complexity index is 1550. The number of rotatable bonds is 7. The molecule has 1 aromatic heterocycles. The summed E-state index contributed by atoms with van der Waals surface area (Å²) >= 11 is 0. The summed E-state index contributed by atoms with van der Waals surface area (Å²) in [5.74, 6) is 0.339. The Balaban J connectivity index is 0.000000169. The van der Waals surface area contributed by atoms with E-state index in [9.17, 15) is 9.90 Å². The van der Waals surface area contributed by atoms with E-state index in [1.165, 1.54) is 11.1 Å². The van der Waals surface area contributed by atoms with Crippen LogP contribution in [0.15, 0.2) is 121 Å². The van der Waals surface area contributed by atoms with Gasteiger partial charge < -0.3 is 14.6 Å². The Morgan fingerprint density at radius 1 is 0.786 bits per heavy atom. The molecule has 0 spiro atoms. The summed E-state index contributed by atoms with van der Waals surface area (Å²) in [4.78, 5) is 16.4. The summed E-state index contributed by atoms with van der Waals surface area (Å²) in [7, 11) is 2.21. The molecule has 1 aliphatic rings. The average molecular weight is 558 g/mol. The second kappa shape index (κ2) is 13.9. The van der Waals surface area contributed by atoms with Crippen LogP contribution in [0.3, 0.4) is 0 Å². The molecule has 1 saturated heterocycles. The number of aryl methyl sites for hydroxylation is 1. The van der Waals surface area contributed by atoms with Gasteiger partial charge in [0.15, 0.2) is 6.29 Å². The SMILES string of the molecule is CN1CCN(Cc2ccccc2)C[C@H]1Cc1ccc(O)cc1.Cc1cc(C=O)c(-c2ccccc2)n1-c1ccccc1. The summed E-state index contributed by atoms with van der Waals surface area (Å²) in [5.41, 5.74) is 7.51. The molecule has 1 fully saturated rings. The Kier molecular flexibility index (Phi) is 9.65. The number of hydrogen-bond donors (Lipinski definition) is 1. The lowest BCUT2D eigenvalue weighted by Gasteiger charge is -2.39. The van der Waals surface area contributed by atoms with Gasteiger partial charge in [-0.25, -0.2) is 0 Å². The van der Waals surface area contributed by atoms with Gasteiger partial charge in [-0.3, -0.25) is 9.69 Å². The second-order valence-corrected chi connectivity index (χ2v) is 11.0. The first-order valence-electron chi connectivity index (χ1n) is 14.5. The molecule has 6 rings (SSSR count). The van der Waals surface area contributed by atoms with Crippen molar-refractivity contribution in [3.8, 4) is 22.7 Å². The molecule has 42 heavy (non-hydrogen) atoms. The fourth-order valence-corrected chi connectivity index (χ4v) is 5.67. The lowest BCUT2D eigenvalue weighted by molar-refractivity contribution is 0.0905. The van der Waals surface area contributed by atoms with Crippen molar-refractivity contribution in [3.63, 3.8) is 0 Å². The number of carbonyl (C=O) groups excluding carboxylic acids is 1. The maximum absolute atomic E-state index is 11.4. The number of carbonyl (C=O) groups is 1. The number of nitrogens with zero attached hydrogens (tertiary/aromatic N) is 3. The predicted molar refractivity (Wildman–Crippen MR) is 171 cm³/mol. The number of aromatic nitrogens is 1. The molecule has 5 aromatic rings. The highest BCUT2D eigenvalue weighted by atomic mass is 16.3. The van der Waals surface area contributed by atoms with Crippen molar-refractivity contribution < 1.29 is 9.90 Å². The van der Waals surface area contributed by atoms with Crippen LogP contribution in [0, 0.1) is 6.92 Å². The first-order chi connectivity index (χ1) is 20.5. The first kappa shape index (κ1) is 29.1. The molecule has 0 radical (unpaired) electrons. The molecule has 0 aliphatic carbocycles. The smallest absolute Gasteiger partial charge is 0.152 e. The zero-order chi connectivity index (χ0) is 29.3. The Labute approximate surface area is 249 Å². The van der Waals surface area contributed by atoms with E-state index < -0.39 is 0 Å². The molecule has 0 bridgehead atoms.